The van der Waals surface area contributed by atoms with Crippen LogP contribution in [0, 0.1) is 0 Å². The Morgan fingerprint density at radius 2 is 2.25 bits per heavy atom. The van der Waals surface area contributed by atoms with E-state index in [0.717, 1.165) is 31.4 Å². The number of rotatable bonds is 6. The molecule has 0 aromatic carbocycles. The van der Waals surface area contributed by atoms with E-state index in [9.17, 15) is 4.79 Å². The molecule has 0 saturated carbocycles. The predicted octanol–water partition coefficient (Wildman–Crippen LogP) is 3.19. The van der Waals surface area contributed by atoms with Crippen LogP contribution in [0.3, 0.4) is 0 Å². The van der Waals surface area contributed by atoms with Crippen molar-refractivity contribution in [3.05, 3.63) is 11.8 Å². The lowest BCUT2D eigenvalue weighted by Crippen LogP contribution is -2.06. The van der Waals surface area contributed by atoms with Crippen molar-refractivity contribution < 1.29 is 14.3 Å². The molecule has 0 N–H and O–H groups in total. The second-order valence-corrected chi connectivity index (χ2v) is 4.04. The van der Waals surface area contributed by atoms with Gasteiger partial charge in [-0.25, -0.2) is 0 Å². The Morgan fingerprint density at radius 3 is 3.06 bits per heavy atom. The molecule has 1 aliphatic carbocycles. The molecule has 0 saturated heterocycles. The van der Waals surface area contributed by atoms with Gasteiger partial charge in [0, 0.05) is 26.1 Å². The average Bonchev–Trinajstić information content (AvgIpc) is 2.53. The quantitative estimate of drug-likeness (QED) is 0.515. The van der Waals surface area contributed by atoms with Crippen molar-refractivity contribution in [3.63, 3.8) is 0 Å². The number of carbonyl (C=O) groups is 1. The van der Waals surface area contributed by atoms with Crippen LogP contribution < -0.4 is 0 Å². The third-order valence-electron chi connectivity index (χ3n) is 2.62. The lowest BCUT2D eigenvalue weighted by atomic mass is 10.2. The van der Waals surface area contributed by atoms with Gasteiger partial charge in [-0.3, -0.25) is 4.79 Å². The molecule has 0 aromatic heterocycles. The molecule has 92 valence electrons. The number of ether oxygens (including phenoxy) is 2. The lowest BCUT2D eigenvalue weighted by Gasteiger charge is -2.07. The summed E-state index contributed by atoms with van der Waals surface area (Å²) in [6, 6.07) is 0. The second-order valence-electron chi connectivity index (χ2n) is 4.04. The summed E-state index contributed by atoms with van der Waals surface area (Å²) in [7, 11) is 0. The van der Waals surface area contributed by atoms with Crippen LogP contribution in [0.15, 0.2) is 11.8 Å². The van der Waals surface area contributed by atoms with Crippen LogP contribution in [0.5, 0.6) is 0 Å². The van der Waals surface area contributed by atoms with Crippen molar-refractivity contribution in [3.8, 4) is 0 Å². The molecule has 1 aliphatic rings. The monoisotopic (exact) mass is 226 g/mol. The SMILES string of the molecule is CCOCCCC(=O)OC1=CCCCCC1. The van der Waals surface area contributed by atoms with Crippen LogP contribution in [0.4, 0.5) is 0 Å². The summed E-state index contributed by atoms with van der Waals surface area (Å²) in [5.41, 5.74) is 0. The minimum atomic E-state index is -0.118. The predicted molar refractivity (Wildman–Crippen MR) is 63.0 cm³/mol. The van der Waals surface area contributed by atoms with E-state index in [2.05, 4.69) is 6.08 Å². The van der Waals surface area contributed by atoms with E-state index in [1.807, 2.05) is 6.92 Å². The lowest BCUT2D eigenvalue weighted by molar-refractivity contribution is -0.140. The molecule has 1 rings (SSSR count). The Kier molecular flexibility index (Phi) is 6.90. The van der Waals surface area contributed by atoms with Gasteiger partial charge in [0.2, 0.25) is 0 Å². The summed E-state index contributed by atoms with van der Waals surface area (Å²) in [6.45, 7) is 3.31. The van der Waals surface area contributed by atoms with Gasteiger partial charge in [-0.2, -0.15) is 0 Å². The summed E-state index contributed by atoms with van der Waals surface area (Å²) < 4.78 is 10.5. The summed E-state index contributed by atoms with van der Waals surface area (Å²) >= 11 is 0. The van der Waals surface area contributed by atoms with Gasteiger partial charge in [0.15, 0.2) is 0 Å². The number of allylic oxidation sites excluding steroid dienone is 2. The maximum absolute atomic E-state index is 11.5. The molecule has 0 unspecified atom stereocenters. The first-order chi connectivity index (χ1) is 7.83. The van der Waals surface area contributed by atoms with Crippen LogP contribution in [0.1, 0.15) is 51.9 Å². The van der Waals surface area contributed by atoms with Crippen LogP contribution >= 0.6 is 0 Å². The van der Waals surface area contributed by atoms with E-state index in [-0.39, 0.29) is 5.97 Å². The molecule has 0 aromatic rings. The fourth-order valence-corrected chi connectivity index (χ4v) is 1.74. The van der Waals surface area contributed by atoms with E-state index in [1.165, 1.54) is 12.8 Å². The number of hydrogen-bond donors (Lipinski definition) is 0. The standard InChI is InChI=1S/C13H22O3/c1-2-15-11-7-10-13(14)16-12-8-5-3-4-6-9-12/h8H,2-7,9-11H2,1H3. The van der Waals surface area contributed by atoms with Crippen LogP contribution in [-0.2, 0) is 14.3 Å². The highest BCUT2D eigenvalue weighted by Crippen LogP contribution is 2.18. The summed E-state index contributed by atoms with van der Waals surface area (Å²) in [5.74, 6) is 0.756. The Hall–Kier alpha value is -0.830. The zero-order valence-corrected chi connectivity index (χ0v) is 10.2. The molecule has 3 nitrogen and oxygen atoms in total. The minimum absolute atomic E-state index is 0.118. The highest BCUT2D eigenvalue weighted by atomic mass is 16.5. The Bertz CT molecular complexity index is 233. The number of hydrogen-bond acceptors (Lipinski definition) is 3. The number of carbonyl (C=O) groups excluding carboxylic acids is 1. The maximum Gasteiger partial charge on any atom is 0.310 e. The molecule has 0 atom stereocenters. The van der Waals surface area contributed by atoms with Gasteiger partial charge in [0.1, 0.15) is 5.76 Å². The first-order valence-corrected chi connectivity index (χ1v) is 6.30. The summed E-state index contributed by atoms with van der Waals surface area (Å²) in [5, 5.41) is 0. The minimum Gasteiger partial charge on any atom is -0.431 e. The first kappa shape index (κ1) is 13.2. The molecule has 0 heterocycles. The second kappa shape index (κ2) is 8.34. The van der Waals surface area contributed by atoms with Gasteiger partial charge < -0.3 is 9.47 Å². The fraction of sp³-hybridized carbons (Fsp3) is 0.769. The molecule has 0 spiro atoms. The Morgan fingerprint density at radius 1 is 1.38 bits per heavy atom. The Balaban J connectivity index is 2.14. The fourth-order valence-electron chi connectivity index (χ4n) is 1.74. The van der Waals surface area contributed by atoms with Crippen LogP contribution in [0.2, 0.25) is 0 Å². The molecule has 16 heavy (non-hydrogen) atoms. The molecular weight excluding hydrogens is 204 g/mol. The molecule has 0 radical (unpaired) electrons. The van der Waals surface area contributed by atoms with Crippen molar-refractivity contribution in [2.75, 3.05) is 13.2 Å². The van der Waals surface area contributed by atoms with Crippen molar-refractivity contribution in [2.24, 2.45) is 0 Å². The first-order valence-electron chi connectivity index (χ1n) is 6.30. The highest BCUT2D eigenvalue weighted by Gasteiger charge is 2.09. The normalized spacial score (nSPS) is 16.4. The van der Waals surface area contributed by atoms with Gasteiger partial charge in [-0.1, -0.05) is 6.42 Å². The topological polar surface area (TPSA) is 35.5 Å². The summed E-state index contributed by atoms with van der Waals surface area (Å²) in [6.07, 6.45) is 8.81. The van der Waals surface area contributed by atoms with Gasteiger partial charge in [-0.15, -0.1) is 0 Å². The van der Waals surface area contributed by atoms with Crippen molar-refractivity contribution in [1.29, 1.82) is 0 Å². The van der Waals surface area contributed by atoms with Gasteiger partial charge >= 0.3 is 5.97 Å². The highest BCUT2D eigenvalue weighted by molar-refractivity contribution is 5.70. The zero-order chi connectivity index (χ0) is 11.6. The van der Waals surface area contributed by atoms with E-state index in [0.29, 0.717) is 19.6 Å². The molecule has 0 amide bonds. The van der Waals surface area contributed by atoms with Crippen molar-refractivity contribution in [2.45, 2.75) is 51.9 Å². The van der Waals surface area contributed by atoms with E-state index < -0.39 is 0 Å². The smallest absolute Gasteiger partial charge is 0.310 e. The third-order valence-corrected chi connectivity index (χ3v) is 2.62. The molecule has 0 fully saturated rings. The number of esters is 1. The summed E-state index contributed by atoms with van der Waals surface area (Å²) in [4.78, 5) is 11.5. The molecule has 0 bridgehead atoms. The van der Waals surface area contributed by atoms with Gasteiger partial charge in [-0.05, 0) is 38.7 Å². The molecule has 0 aliphatic heterocycles. The van der Waals surface area contributed by atoms with Crippen LogP contribution in [0.25, 0.3) is 0 Å². The zero-order valence-electron chi connectivity index (χ0n) is 10.2. The van der Waals surface area contributed by atoms with Crippen molar-refractivity contribution >= 4 is 5.97 Å². The average molecular weight is 226 g/mol. The van der Waals surface area contributed by atoms with Crippen LogP contribution in [-0.4, -0.2) is 19.2 Å². The van der Waals surface area contributed by atoms with Gasteiger partial charge in [0.05, 0.1) is 0 Å². The van der Waals surface area contributed by atoms with E-state index in [1.54, 1.807) is 0 Å². The Labute approximate surface area is 97.8 Å². The maximum atomic E-state index is 11.5. The third kappa shape index (κ3) is 5.91. The van der Waals surface area contributed by atoms with E-state index in [4.69, 9.17) is 9.47 Å². The van der Waals surface area contributed by atoms with Crippen molar-refractivity contribution in [1.82, 2.24) is 0 Å². The molecular formula is C13H22O3. The van der Waals surface area contributed by atoms with Gasteiger partial charge in [0.25, 0.3) is 0 Å². The van der Waals surface area contributed by atoms with E-state index >= 15 is 0 Å². The molecule has 3 heteroatoms. The largest absolute Gasteiger partial charge is 0.431 e.